The predicted molar refractivity (Wildman–Crippen MR) is 59.5 cm³/mol. The highest BCUT2D eigenvalue weighted by Crippen LogP contribution is 2.40. The number of ether oxygens (including phenoxy) is 1. The third-order valence-corrected chi connectivity index (χ3v) is 2.98. The molecule has 16 heavy (non-hydrogen) atoms. The number of esters is 1. The zero-order valence-corrected chi connectivity index (χ0v) is 9.13. The van der Waals surface area contributed by atoms with Crippen molar-refractivity contribution < 1.29 is 14.6 Å². The summed E-state index contributed by atoms with van der Waals surface area (Å²) in [4.78, 5) is 11.4. The fourth-order valence-electron chi connectivity index (χ4n) is 1.79. The van der Waals surface area contributed by atoms with Crippen LogP contribution in [0.3, 0.4) is 0 Å². The average molecular weight is 220 g/mol. The molecule has 0 aromatic heterocycles. The molecule has 2 unspecified atom stereocenters. The van der Waals surface area contributed by atoms with Gasteiger partial charge in [-0.3, -0.25) is 4.79 Å². The van der Waals surface area contributed by atoms with Crippen LogP contribution in [0.2, 0.25) is 0 Å². The first-order chi connectivity index (χ1) is 7.79. The summed E-state index contributed by atoms with van der Waals surface area (Å²) in [6.07, 6.45) is 1.40. The van der Waals surface area contributed by atoms with E-state index in [2.05, 4.69) is 0 Å². The second kappa shape index (κ2) is 5.12. The van der Waals surface area contributed by atoms with Gasteiger partial charge in [0.1, 0.15) is 6.61 Å². The molecular formula is C13H16O3. The molecule has 0 saturated heterocycles. The van der Waals surface area contributed by atoms with Gasteiger partial charge in [0.05, 0.1) is 0 Å². The molecule has 1 aromatic rings. The Labute approximate surface area is 95.0 Å². The quantitative estimate of drug-likeness (QED) is 0.769. The SMILES string of the molecule is O=C(CC1CC1CO)OCc1ccccc1. The number of aliphatic hydroxyl groups excluding tert-OH is 1. The minimum Gasteiger partial charge on any atom is -0.461 e. The molecule has 1 saturated carbocycles. The average Bonchev–Trinajstić information content (AvgIpc) is 3.06. The Kier molecular flexibility index (Phi) is 3.57. The van der Waals surface area contributed by atoms with Crippen LogP contribution in [-0.2, 0) is 16.1 Å². The van der Waals surface area contributed by atoms with E-state index < -0.39 is 0 Å². The molecule has 2 atom stereocenters. The van der Waals surface area contributed by atoms with Crippen LogP contribution >= 0.6 is 0 Å². The predicted octanol–water partition coefficient (Wildman–Crippen LogP) is 1.75. The molecule has 1 aliphatic carbocycles. The molecule has 0 amide bonds. The molecule has 86 valence electrons. The van der Waals surface area contributed by atoms with Gasteiger partial charge < -0.3 is 9.84 Å². The van der Waals surface area contributed by atoms with Crippen molar-refractivity contribution >= 4 is 5.97 Å². The van der Waals surface area contributed by atoms with Gasteiger partial charge >= 0.3 is 5.97 Å². The second-order valence-electron chi connectivity index (χ2n) is 4.29. The monoisotopic (exact) mass is 220 g/mol. The van der Waals surface area contributed by atoms with Crippen LogP contribution in [0.4, 0.5) is 0 Å². The molecule has 1 N–H and O–H groups in total. The Morgan fingerprint density at radius 1 is 1.31 bits per heavy atom. The van der Waals surface area contributed by atoms with Crippen molar-refractivity contribution in [1.29, 1.82) is 0 Å². The molecular weight excluding hydrogens is 204 g/mol. The third-order valence-electron chi connectivity index (χ3n) is 2.98. The summed E-state index contributed by atoms with van der Waals surface area (Å²) in [7, 11) is 0. The molecule has 1 aliphatic rings. The Balaban J connectivity index is 1.69. The van der Waals surface area contributed by atoms with E-state index in [1.807, 2.05) is 30.3 Å². The van der Waals surface area contributed by atoms with Gasteiger partial charge in [0, 0.05) is 13.0 Å². The lowest BCUT2D eigenvalue weighted by molar-refractivity contribution is -0.145. The molecule has 0 bridgehead atoms. The van der Waals surface area contributed by atoms with Crippen molar-refractivity contribution in [3.8, 4) is 0 Å². The Hall–Kier alpha value is -1.35. The van der Waals surface area contributed by atoms with Gasteiger partial charge in [-0.2, -0.15) is 0 Å². The van der Waals surface area contributed by atoms with Crippen molar-refractivity contribution in [3.05, 3.63) is 35.9 Å². The molecule has 0 aliphatic heterocycles. The minimum absolute atomic E-state index is 0.162. The van der Waals surface area contributed by atoms with E-state index >= 15 is 0 Å². The topological polar surface area (TPSA) is 46.5 Å². The van der Waals surface area contributed by atoms with Crippen LogP contribution < -0.4 is 0 Å². The van der Waals surface area contributed by atoms with Crippen molar-refractivity contribution in [2.45, 2.75) is 19.4 Å². The van der Waals surface area contributed by atoms with Gasteiger partial charge in [0.15, 0.2) is 0 Å². The van der Waals surface area contributed by atoms with Gasteiger partial charge in [-0.25, -0.2) is 0 Å². The second-order valence-corrected chi connectivity index (χ2v) is 4.29. The maximum absolute atomic E-state index is 11.4. The number of benzene rings is 1. The molecule has 0 heterocycles. The zero-order chi connectivity index (χ0) is 11.4. The van der Waals surface area contributed by atoms with E-state index in [0.717, 1.165) is 12.0 Å². The maximum atomic E-state index is 11.4. The number of carbonyl (C=O) groups excluding carboxylic acids is 1. The molecule has 1 fully saturated rings. The Morgan fingerprint density at radius 3 is 2.69 bits per heavy atom. The molecule has 3 nitrogen and oxygen atoms in total. The highest BCUT2D eigenvalue weighted by molar-refractivity contribution is 5.70. The summed E-state index contributed by atoms with van der Waals surface area (Å²) >= 11 is 0. The first-order valence-electron chi connectivity index (χ1n) is 5.60. The summed E-state index contributed by atoms with van der Waals surface area (Å²) in [5.74, 6) is 0.502. The van der Waals surface area contributed by atoms with Gasteiger partial charge in [-0.15, -0.1) is 0 Å². The van der Waals surface area contributed by atoms with E-state index in [-0.39, 0.29) is 12.6 Å². The highest BCUT2D eigenvalue weighted by Gasteiger charge is 2.38. The molecule has 2 rings (SSSR count). The van der Waals surface area contributed by atoms with Gasteiger partial charge in [0.25, 0.3) is 0 Å². The van der Waals surface area contributed by atoms with Crippen molar-refractivity contribution in [2.75, 3.05) is 6.61 Å². The highest BCUT2D eigenvalue weighted by atomic mass is 16.5. The summed E-state index contributed by atoms with van der Waals surface area (Å²) in [6, 6.07) is 9.64. The number of carbonyl (C=O) groups is 1. The van der Waals surface area contributed by atoms with Crippen LogP contribution in [0, 0.1) is 11.8 Å². The minimum atomic E-state index is -0.162. The lowest BCUT2D eigenvalue weighted by Crippen LogP contribution is -2.06. The number of hydrogen-bond donors (Lipinski definition) is 1. The summed E-state index contributed by atoms with van der Waals surface area (Å²) < 4.78 is 5.15. The van der Waals surface area contributed by atoms with Crippen molar-refractivity contribution in [3.63, 3.8) is 0 Å². The van der Waals surface area contributed by atoms with Crippen molar-refractivity contribution in [2.24, 2.45) is 11.8 Å². The van der Waals surface area contributed by atoms with Crippen LogP contribution in [0.15, 0.2) is 30.3 Å². The molecule has 1 aromatic carbocycles. The summed E-state index contributed by atoms with van der Waals surface area (Å²) in [5, 5.41) is 8.85. The van der Waals surface area contributed by atoms with E-state index in [0.29, 0.717) is 24.9 Å². The maximum Gasteiger partial charge on any atom is 0.306 e. The third kappa shape index (κ3) is 3.07. The largest absolute Gasteiger partial charge is 0.461 e. The number of hydrogen-bond acceptors (Lipinski definition) is 3. The lowest BCUT2D eigenvalue weighted by atomic mass is 10.2. The van der Waals surface area contributed by atoms with Gasteiger partial charge in [-0.05, 0) is 23.8 Å². The van der Waals surface area contributed by atoms with E-state index in [1.165, 1.54) is 0 Å². The Bertz CT molecular complexity index is 347. The fraction of sp³-hybridized carbons (Fsp3) is 0.462. The normalized spacial score (nSPS) is 22.8. The van der Waals surface area contributed by atoms with Crippen LogP contribution in [0.25, 0.3) is 0 Å². The molecule has 0 spiro atoms. The van der Waals surface area contributed by atoms with Crippen LogP contribution in [0.5, 0.6) is 0 Å². The van der Waals surface area contributed by atoms with Crippen molar-refractivity contribution in [1.82, 2.24) is 0 Å². The van der Waals surface area contributed by atoms with Gasteiger partial charge in [-0.1, -0.05) is 30.3 Å². The molecule has 0 radical (unpaired) electrons. The molecule has 3 heteroatoms. The summed E-state index contributed by atoms with van der Waals surface area (Å²) in [6.45, 7) is 0.535. The van der Waals surface area contributed by atoms with Crippen LogP contribution in [-0.4, -0.2) is 17.7 Å². The standard InChI is InChI=1S/C13H16O3/c14-8-12-6-11(12)7-13(15)16-9-10-4-2-1-3-5-10/h1-5,11-12,14H,6-9H2. The number of aliphatic hydroxyl groups is 1. The van der Waals surface area contributed by atoms with E-state index in [4.69, 9.17) is 9.84 Å². The Morgan fingerprint density at radius 2 is 2.06 bits per heavy atom. The fourth-order valence-corrected chi connectivity index (χ4v) is 1.79. The number of rotatable bonds is 5. The lowest BCUT2D eigenvalue weighted by Gasteiger charge is -2.04. The summed E-state index contributed by atoms with van der Waals surface area (Å²) in [5.41, 5.74) is 1.00. The van der Waals surface area contributed by atoms with Gasteiger partial charge in [0.2, 0.25) is 0 Å². The first-order valence-corrected chi connectivity index (χ1v) is 5.60. The van der Waals surface area contributed by atoms with Crippen LogP contribution in [0.1, 0.15) is 18.4 Å². The smallest absolute Gasteiger partial charge is 0.306 e. The van der Waals surface area contributed by atoms with E-state index in [1.54, 1.807) is 0 Å². The first kappa shape index (κ1) is 11.1. The zero-order valence-electron chi connectivity index (χ0n) is 9.13. The van der Waals surface area contributed by atoms with E-state index in [9.17, 15) is 4.79 Å².